The summed E-state index contributed by atoms with van der Waals surface area (Å²) in [6.07, 6.45) is 0. The lowest BCUT2D eigenvalue weighted by Gasteiger charge is -2.35. The van der Waals surface area contributed by atoms with Crippen molar-refractivity contribution in [1.29, 1.82) is 0 Å². The third kappa shape index (κ3) is 5.13. The van der Waals surface area contributed by atoms with Crippen molar-refractivity contribution >= 4 is 5.91 Å². The second-order valence-electron chi connectivity index (χ2n) is 6.85. The summed E-state index contributed by atoms with van der Waals surface area (Å²) in [4.78, 5) is 14.8. The van der Waals surface area contributed by atoms with E-state index >= 15 is 0 Å². The van der Waals surface area contributed by atoms with Gasteiger partial charge in [-0.2, -0.15) is 0 Å². The highest BCUT2D eigenvalue weighted by atomic mass is 19.1. The zero-order valence-electron chi connectivity index (χ0n) is 15.5. The Balaban J connectivity index is 1.70. The first-order valence-electron chi connectivity index (χ1n) is 9.22. The molecule has 2 aromatic rings. The van der Waals surface area contributed by atoms with E-state index in [0.717, 1.165) is 29.8 Å². The Morgan fingerprint density at radius 3 is 2.56 bits per heavy atom. The van der Waals surface area contributed by atoms with Crippen LogP contribution in [0.1, 0.15) is 28.8 Å². The molecule has 1 heterocycles. The van der Waals surface area contributed by atoms with Gasteiger partial charge < -0.3 is 15.8 Å². The molecule has 3 rings (SSSR count). The number of nitrogens with one attached hydrogen (secondary N) is 1. The maximum Gasteiger partial charge on any atom is 0.241 e. The van der Waals surface area contributed by atoms with Gasteiger partial charge in [0.05, 0.1) is 19.3 Å². The number of ether oxygens (including phenoxy) is 1. The summed E-state index contributed by atoms with van der Waals surface area (Å²) in [7, 11) is 0. The zero-order chi connectivity index (χ0) is 19.2. The van der Waals surface area contributed by atoms with E-state index in [4.69, 9.17) is 10.5 Å². The van der Waals surface area contributed by atoms with Crippen LogP contribution in [0.2, 0.25) is 0 Å². The average molecular weight is 371 g/mol. The van der Waals surface area contributed by atoms with Crippen LogP contribution in [0.3, 0.4) is 0 Å². The van der Waals surface area contributed by atoms with Crippen LogP contribution in [0, 0.1) is 12.7 Å². The van der Waals surface area contributed by atoms with Gasteiger partial charge in [0.1, 0.15) is 11.9 Å². The molecular weight excluding hydrogens is 345 g/mol. The number of hydrogen-bond acceptors (Lipinski definition) is 4. The second-order valence-corrected chi connectivity index (χ2v) is 6.85. The number of morpholine rings is 1. The summed E-state index contributed by atoms with van der Waals surface area (Å²) in [5.74, 6) is -0.526. The largest absolute Gasteiger partial charge is 0.379 e. The van der Waals surface area contributed by atoms with Gasteiger partial charge in [0.25, 0.3) is 0 Å². The quantitative estimate of drug-likeness (QED) is 0.818. The smallest absolute Gasteiger partial charge is 0.241 e. The Kier molecular flexibility index (Phi) is 6.55. The summed E-state index contributed by atoms with van der Waals surface area (Å²) in [5, 5.41) is 2.94. The molecule has 2 atom stereocenters. The van der Waals surface area contributed by atoms with Crippen molar-refractivity contribution in [1.82, 2.24) is 10.2 Å². The van der Waals surface area contributed by atoms with Gasteiger partial charge in [0.2, 0.25) is 5.91 Å². The molecule has 144 valence electrons. The van der Waals surface area contributed by atoms with E-state index in [1.54, 1.807) is 6.07 Å². The number of amides is 1. The van der Waals surface area contributed by atoms with Gasteiger partial charge in [0.15, 0.2) is 0 Å². The number of carbonyl (C=O) groups is 1. The van der Waals surface area contributed by atoms with Gasteiger partial charge in [-0.3, -0.25) is 9.69 Å². The summed E-state index contributed by atoms with van der Waals surface area (Å²) < 4.78 is 19.1. The highest BCUT2D eigenvalue weighted by Gasteiger charge is 2.25. The van der Waals surface area contributed by atoms with Crippen molar-refractivity contribution in [2.24, 2.45) is 5.73 Å². The van der Waals surface area contributed by atoms with Crippen LogP contribution in [-0.4, -0.2) is 43.7 Å². The van der Waals surface area contributed by atoms with Gasteiger partial charge in [-0.05, 0) is 30.2 Å². The molecule has 1 fully saturated rings. The normalized spacial score (nSPS) is 17.3. The molecule has 1 saturated heterocycles. The van der Waals surface area contributed by atoms with Crippen molar-refractivity contribution in [2.75, 3.05) is 32.8 Å². The number of hydrogen-bond donors (Lipinski definition) is 2. The van der Waals surface area contributed by atoms with E-state index in [-0.39, 0.29) is 17.8 Å². The summed E-state index contributed by atoms with van der Waals surface area (Å²) in [6.45, 7) is 5.08. The molecule has 0 saturated carbocycles. The molecule has 27 heavy (non-hydrogen) atoms. The third-order valence-corrected chi connectivity index (χ3v) is 4.91. The molecule has 0 spiro atoms. The van der Waals surface area contributed by atoms with Crippen LogP contribution >= 0.6 is 0 Å². The molecule has 0 bridgehead atoms. The van der Waals surface area contributed by atoms with Gasteiger partial charge in [-0.15, -0.1) is 0 Å². The number of benzene rings is 2. The molecule has 2 aromatic carbocycles. The lowest BCUT2D eigenvalue weighted by atomic mass is 10.0. The predicted octanol–water partition coefficient (Wildman–Crippen LogP) is 2.32. The molecule has 1 aliphatic heterocycles. The fraction of sp³-hybridized carbons (Fsp3) is 0.381. The van der Waals surface area contributed by atoms with Crippen molar-refractivity contribution < 1.29 is 13.9 Å². The molecular formula is C21H26FN3O2. The van der Waals surface area contributed by atoms with E-state index in [2.05, 4.69) is 10.2 Å². The minimum atomic E-state index is -0.733. The highest BCUT2D eigenvalue weighted by molar-refractivity contribution is 5.83. The van der Waals surface area contributed by atoms with Crippen LogP contribution in [0.15, 0.2) is 48.5 Å². The van der Waals surface area contributed by atoms with Crippen LogP contribution in [0.25, 0.3) is 0 Å². The maximum absolute atomic E-state index is 13.7. The molecule has 6 heteroatoms. The van der Waals surface area contributed by atoms with E-state index in [1.807, 2.05) is 37.3 Å². The minimum absolute atomic E-state index is 0.126. The first-order chi connectivity index (χ1) is 13.0. The van der Waals surface area contributed by atoms with Gasteiger partial charge in [0, 0.05) is 19.6 Å². The Morgan fingerprint density at radius 2 is 1.89 bits per heavy atom. The van der Waals surface area contributed by atoms with E-state index in [0.29, 0.717) is 19.8 Å². The van der Waals surface area contributed by atoms with Crippen LogP contribution in [0.4, 0.5) is 4.39 Å². The maximum atomic E-state index is 13.7. The third-order valence-electron chi connectivity index (χ3n) is 4.91. The first-order valence-corrected chi connectivity index (χ1v) is 9.22. The van der Waals surface area contributed by atoms with E-state index in [9.17, 15) is 9.18 Å². The van der Waals surface area contributed by atoms with Crippen LogP contribution in [-0.2, 0) is 9.53 Å². The number of aryl methyl sites for hydroxylation is 1. The fourth-order valence-electron chi connectivity index (χ4n) is 3.29. The molecule has 0 aliphatic carbocycles. The first kappa shape index (κ1) is 19.5. The highest BCUT2D eigenvalue weighted by Crippen LogP contribution is 2.22. The average Bonchev–Trinajstić information content (AvgIpc) is 2.69. The number of halogens is 1. The van der Waals surface area contributed by atoms with Gasteiger partial charge in [-0.25, -0.2) is 4.39 Å². The number of carbonyl (C=O) groups excluding carboxylic acids is 1. The summed E-state index contributed by atoms with van der Waals surface area (Å²) >= 11 is 0. The zero-order valence-corrected chi connectivity index (χ0v) is 15.5. The topological polar surface area (TPSA) is 67.6 Å². The van der Waals surface area contributed by atoms with Crippen molar-refractivity contribution in [3.8, 4) is 0 Å². The predicted molar refractivity (Wildman–Crippen MR) is 103 cm³/mol. The molecule has 0 radical (unpaired) electrons. The Hall–Kier alpha value is -2.28. The second kappa shape index (κ2) is 9.08. The fourth-order valence-corrected chi connectivity index (χ4v) is 3.29. The van der Waals surface area contributed by atoms with E-state index < -0.39 is 6.04 Å². The Bertz CT molecular complexity index is 760. The molecule has 0 aromatic heterocycles. The monoisotopic (exact) mass is 371 g/mol. The van der Waals surface area contributed by atoms with Crippen LogP contribution in [0.5, 0.6) is 0 Å². The van der Waals surface area contributed by atoms with Gasteiger partial charge in [-0.1, -0.05) is 42.0 Å². The van der Waals surface area contributed by atoms with Crippen molar-refractivity contribution in [3.63, 3.8) is 0 Å². The van der Waals surface area contributed by atoms with Crippen molar-refractivity contribution in [2.45, 2.75) is 19.0 Å². The molecule has 2 unspecified atom stereocenters. The summed E-state index contributed by atoms with van der Waals surface area (Å²) in [6, 6.07) is 13.3. The molecule has 1 amide bonds. The minimum Gasteiger partial charge on any atom is -0.379 e. The number of rotatable bonds is 6. The molecule has 1 aliphatic rings. The standard InChI is InChI=1S/C21H26FN3O2/c1-15-5-7-16(8-6-15)20(23)21(26)24-14-19(25-9-11-27-12-10-25)17-3-2-4-18(22)13-17/h2-8,13,19-20H,9-12,14,23H2,1H3,(H,24,26). The molecule has 5 nitrogen and oxygen atoms in total. The Morgan fingerprint density at radius 1 is 1.19 bits per heavy atom. The SMILES string of the molecule is Cc1ccc(C(N)C(=O)NCC(c2cccc(F)c2)N2CCOCC2)cc1. The lowest BCUT2D eigenvalue weighted by molar-refractivity contribution is -0.122. The summed E-state index contributed by atoms with van der Waals surface area (Å²) in [5.41, 5.74) is 8.83. The number of nitrogens with zero attached hydrogens (tertiary/aromatic N) is 1. The Labute approximate surface area is 159 Å². The van der Waals surface area contributed by atoms with E-state index in [1.165, 1.54) is 12.1 Å². The number of nitrogens with two attached hydrogens (primary N) is 1. The molecule has 3 N–H and O–H groups in total. The lowest BCUT2D eigenvalue weighted by Crippen LogP contribution is -2.45. The van der Waals surface area contributed by atoms with Gasteiger partial charge >= 0.3 is 0 Å². The van der Waals surface area contributed by atoms with Crippen LogP contribution < -0.4 is 11.1 Å². The van der Waals surface area contributed by atoms with Crippen molar-refractivity contribution in [3.05, 3.63) is 71.0 Å².